The molecule has 584 valence electrons. The SMILES string of the molecule is C=C.C=C.CC(=O)N[C@@H](Cc1ccccc1)C(=O)N[C@@H](Cc1ccc(O)cc1)C(=O)N[C@@H](/C=C1/CCC[C@H]1C(=O)N[C@@H](CCC[NH+]=C(N)N)C(N)=O)COP(=O)(O)O.CC(C)(C)C(=O)OCO[P+](=O)OC[C@H](/C=C1/CCC[C@H]1C(=O)NCCc1c[nH]c2ccccc12)NC(=O)OC1c2ccccc2-c2ccccc21. The molecule has 0 spiro atoms. The van der Waals surface area contributed by atoms with Crippen LogP contribution in [-0.4, -0.2) is 137 Å². The van der Waals surface area contributed by atoms with Gasteiger partial charge in [0.15, 0.2) is 6.10 Å². The smallest absolute Gasteiger partial charge is 0.508 e. The molecule has 1 heterocycles. The normalized spacial score (nSPS) is 16.5. The largest absolute Gasteiger partial charge is 0.701 e. The second-order valence-corrected chi connectivity index (χ2v) is 28.9. The molecule has 0 saturated heterocycles. The topological polar surface area (TPSA) is 458 Å². The van der Waals surface area contributed by atoms with Gasteiger partial charge in [-0.25, -0.2) is 9.36 Å². The second kappa shape index (κ2) is 43.4. The van der Waals surface area contributed by atoms with E-state index in [4.69, 9.17) is 40.2 Å². The summed E-state index contributed by atoms with van der Waals surface area (Å²) in [6.07, 6.45) is 8.69. The Morgan fingerprint density at radius 1 is 0.679 bits per heavy atom. The lowest BCUT2D eigenvalue weighted by molar-refractivity contribution is -0.459. The summed E-state index contributed by atoms with van der Waals surface area (Å²) in [7, 11) is -7.72. The average molecular weight is 1540 g/mol. The minimum Gasteiger partial charge on any atom is -0.508 e. The number of phenols is 1. The van der Waals surface area contributed by atoms with Crippen LogP contribution in [0.1, 0.15) is 113 Å². The minimum atomic E-state index is -5.03. The van der Waals surface area contributed by atoms with E-state index in [0.29, 0.717) is 69.2 Å². The fraction of sp³-hybridized carbons (Fsp3) is 0.372. The highest BCUT2D eigenvalue weighted by Crippen LogP contribution is 2.45. The molecule has 2 saturated carbocycles. The van der Waals surface area contributed by atoms with Gasteiger partial charge in [0.25, 0.3) is 0 Å². The molecule has 5 aromatic carbocycles. The number of carbonyl (C=O) groups excluding carboxylic acids is 8. The number of aromatic amines is 1. The molecule has 6 aromatic rings. The Morgan fingerprint density at radius 2 is 1.23 bits per heavy atom. The summed E-state index contributed by atoms with van der Waals surface area (Å²) in [5, 5.41) is 27.5. The number of rotatable bonds is 33. The zero-order valence-electron chi connectivity index (χ0n) is 61.7. The molecule has 9 rings (SSSR count). The van der Waals surface area contributed by atoms with Gasteiger partial charge < -0.3 is 67.0 Å². The average Bonchev–Trinajstić information content (AvgIpc) is 1.61. The molecule has 0 radical (unpaired) electrons. The third-order valence-corrected chi connectivity index (χ3v) is 18.8. The Kier molecular flexibility index (Phi) is 34.7. The number of para-hydroxylation sites is 1. The number of guanidine groups is 1. The Labute approximate surface area is 634 Å². The third kappa shape index (κ3) is 28.1. The number of aromatic hydroxyl groups is 1. The second-order valence-electron chi connectivity index (χ2n) is 26.7. The van der Waals surface area contributed by atoms with Gasteiger partial charge in [-0.1, -0.05) is 137 Å². The molecule has 0 aliphatic heterocycles. The number of phosphoric ester groups is 1. The molecule has 7 amide bonds. The Hall–Kier alpha value is -10.6. The van der Waals surface area contributed by atoms with E-state index in [0.717, 1.165) is 56.3 Å². The molecule has 17 N–H and O–H groups in total. The summed E-state index contributed by atoms with van der Waals surface area (Å²) in [5.41, 5.74) is 24.2. The number of hydrogen-bond acceptors (Lipinski definition) is 16. The summed E-state index contributed by atoms with van der Waals surface area (Å²) < 4.78 is 50.7. The molecule has 29 nitrogen and oxygen atoms in total. The number of ether oxygens (including phenoxy) is 2. The van der Waals surface area contributed by atoms with Crippen molar-refractivity contribution in [1.29, 1.82) is 0 Å². The summed E-state index contributed by atoms with van der Waals surface area (Å²) in [4.78, 5) is 129. The van der Waals surface area contributed by atoms with Gasteiger partial charge >= 0.3 is 34.1 Å². The van der Waals surface area contributed by atoms with Crippen LogP contribution in [0.2, 0.25) is 0 Å². The summed E-state index contributed by atoms with van der Waals surface area (Å²) >= 11 is 0. The number of hydrogen-bond donors (Lipinski definition) is 14. The van der Waals surface area contributed by atoms with Crippen molar-refractivity contribution in [3.63, 3.8) is 0 Å². The maximum atomic E-state index is 14.0. The Morgan fingerprint density at radius 3 is 1.82 bits per heavy atom. The third-order valence-electron chi connectivity index (χ3n) is 17.7. The number of aromatic nitrogens is 1. The van der Waals surface area contributed by atoms with E-state index in [2.05, 4.69) is 74.3 Å². The van der Waals surface area contributed by atoms with Crippen LogP contribution in [0.25, 0.3) is 22.0 Å². The number of amides is 7. The number of fused-ring (bicyclic) bond motifs is 4. The van der Waals surface area contributed by atoms with E-state index in [1.807, 2.05) is 72.9 Å². The van der Waals surface area contributed by atoms with E-state index >= 15 is 0 Å². The van der Waals surface area contributed by atoms with Crippen LogP contribution in [0.15, 0.2) is 183 Å². The molecular weight excluding hydrogens is 1440 g/mol. The standard InChI is InChI=1S/C39H42N3O8P.C35H49N8O10P.2C2H4/c1-39(2,3)37(44)47-24-49-51(46)48-23-27(42-38(45)50-35-32-15-6-4-13-30(32)31-14-5-7-16-33(31)35)21-25-11-10-17-29(25)36(43)40-20-19-26-22-41-34-18-9-8-12-28(26)34;1-21(44)40-29(17-22-7-3-2-4-8-22)34(49)43-30(18-23-12-14-26(45)15-13-23)33(48)41-25(20-53-54(50,51)52)19-24-9-5-10-27(24)32(47)42-28(31(36)46)11-6-16-39-35(37)38;2*1-2/h4-9,12-16,18,21-22,27,29,35,41H,10-11,17,19-20,23-24H2,1-3H3,(H-,40,42,43,45);2-4,7-8,12-15,19,25,27-30,45H,5-6,9-11,16-18,20H2,1H3,(H2,36,46)(H,40,44)(H,41,48)(H,42,47)(H,43,49)(H4,37,38,39)(H2,50,51,52);2*1-2H2/p+2/b25-21-;24-19-;;/t27-,29+;25-,27+,28-,29-,30-;;/m00../s1. The highest BCUT2D eigenvalue weighted by molar-refractivity contribution is 7.46. The predicted octanol–water partition coefficient (Wildman–Crippen LogP) is 6.85. The number of alkyl carbamates (subject to hydrolysis) is 1. The van der Waals surface area contributed by atoms with Crippen molar-refractivity contribution in [2.45, 2.75) is 135 Å². The Balaban J connectivity index is 0.000000326. The number of nitrogens with two attached hydrogens (primary N) is 3. The van der Waals surface area contributed by atoms with Crippen LogP contribution in [0, 0.1) is 17.3 Å². The van der Waals surface area contributed by atoms with Gasteiger partial charge in [0.05, 0.1) is 42.5 Å². The molecule has 1 unspecified atom stereocenters. The zero-order chi connectivity index (χ0) is 79.8. The molecule has 3 aliphatic rings. The van der Waals surface area contributed by atoms with E-state index in [1.165, 1.54) is 25.1 Å². The number of esters is 1. The zero-order valence-corrected chi connectivity index (χ0v) is 63.5. The number of H-pyrrole nitrogens is 1. The number of carbonyl (C=O) groups is 8. The van der Waals surface area contributed by atoms with Gasteiger partial charge in [-0.15, -0.1) is 30.8 Å². The lowest BCUT2D eigenvalue weighted by Crippen LogP contribution is -2.78. The van der Waals surface area contributed by atoms with Crippen LogP contribution < -0.4 is 54.1 Å². The van der Waals surface area contributed by atoms with E-state index in [1.54, 1.807) is 69.3 Å². The van der Waals surface area contributed by atoms with Crippen LogP contribution in [-0.2, 0) is 85.0 Å². The number of nitrogens with one attached hydrogen (secondary N) is 8. The number of phenolic OH excluding ortho intramolecular Hbond substituents is 1. The van der Waals surface area contributed by atoms with Gasteiger partial charge in [-0.2, -0.15) is 0 Å². The van der Waals surface area contributed by atoms with Crippen molar-refractivity contribution in [1.82, 2.24) is 36.9 Å². The lowest BCUT2D eigenvalue weighted by atomic mass is 9.98. The lowest BCUT2D eigenvalue weighted by Gasteiger charge is -2.25. The fourth-order valence-electron chi connectivity index (χ4n) is 12.6. The molecule has 8 atom stereocenters. The van der Waals surface area contributed by atoms with Crippen LogP contribution >= 0.6 is 16.1 Å². The first-order valence-electron chi connectivity index (χ1n) is 35.5. The van der Waals surface area contributed by atoms with Gasteiger partial charge in [0, 0.05) is 59.1 Å². The molecule has 2 fully saturated rings. The van der Waals surface area contributed by atoms with Crippen molar-refractivity contribution in [3.05, 3.63) is 211 Å². The van der Waals surface area contributed by atoms with Crippen molar-refractivity contribution >= 4 is 80.4 Å². The van der Waals surface area contributed by atoms with Gasteiger partial charge in [-0.3, -0.25) is 54.5 Å². The van der Waals surface area contributed by atoms with Crippen molar-refractivity contribution in [3.8, 4) is 16.9 Å². The molecule has 31 heteroatoms. The van der Waals surface area contributed by atoms with Crippen LogP contribution in [0.5, 0.6) is 5.75 Å². The predicted molar refractivity (Wildman–Crippen MR) is 412 cm³/mol. The highest BCUT2D eigenvalue weighted by Gasteiger charge is 2.37. The highest BCUT2D eigenvalue weighted by atomic mass is 31.2. The minimum absolute atomic E-state index is 0.00562. The molecule has 0 bridgehead atoms. The number of phosphoric acid groups is 1. The number of benzene rings is 5. The molecule has 1 aromatic heterocycles. The first-order valence-corrected chi connectivity index (χ1v) is 38.1. The van der Waals surface area contributed by atoms with Crippen molar-refractivity contribution < 1.29 is 90.4 Å². The van der Waals surface area contributed by atoms with Crippen molar-refractivity contribution in [2.75, 3.05) is 33.1 Å². The molecule has 3 aliphatic carbocycles. The van der Waals surface area contributed by atoms with Crippen LogP contribution in [0.3, 0.4) is 0 Å². The number of primary amides is 1. The van der Waals surface area contributed by atoms with Gasteiger partial charge in [0.1, 0.15) is 30.5 Å². The van der Waals surface area contributed by atoms with Gasteiger partial charge in [0.2, 0.25) is 42.2 Å². The summed E-state index contributed by atoms with van der Waals surface area (Å²) in [6.45, 7) is 17.7. The molecule has 109 heavy (non-hydrogen) atoms. The fourth-order valence-corrected chi connectivity index (χ4v) is 13.4. The summed E-state index contributed by atoms with van der Waals surface area (Å²) in [6, 6.07) is 33.1. The van der Waals surface area contributed by atoms with Gasteiger partial charge in [-0.05, 0) is 125 Å². The van der Waals surface area contributed by atoms with E-state index < -0.39 is 119 Å². The first kappa shape index (κ1) is 87.3. The first-order chi connectivity index (χ1) is 52.1. The maximum Gasteiger partial charge on any atom is 0.701 e. The van der Waals surface area contributed by atoms with E-state index in [9.17, 15) is 62.4 Å². The van der Waals surface area contributed by atoms with Crippen LogP contribution in [0.4, 0.5) is 4.79 Å². The maximum absolute atomic E-state index is 14.0. The van der Waals surface area contributed by atoms with Crippen molar-refractivity contribution in [2.24, 2.45) is 34.5 Å². The summed E-state index contributed by atoms with van der Waals surface area (Å²) in [5.74, 6) is -4.93. The molecular formula is C78H101N11O18P2+2. The van der Waals surface area contributed by atoms with E-state index in [-0.39, 0.29) is 49.4 Å². The monoisotopic (exact) mass is 1540 g/mol. The quantitative estimate of drug-likeness (QED) is 0.00381. The Bertz CT molecular complexity index is 4180.